The van der Waals surface area contributed by atoms with E-state index in [-0.39, 0.29) is 6.42 Å². The predicted molar refractivity (Wildman–Crippen MR) is 54.7 cm³/mol. The SMILES string of the molecule is O=c1[nH]cc(C(F)(F)F)cc1C(O)C(O)CCO. The summed E-state index contributed by atoms with van der Waals surface area (Å²) in [5, 5.41) is 27.4. The van der Waals surface area contributed by atoms with Gasteiger partial charge in [0.1, 0.15) is 6.10 Å². The third kappa shape index (κ3) is 3.31. The zero-order valence-electron chi connectivity index (χ0n) is 9.11. The summed E-state index contributed by atoms with van der Waals surface area (Å²) in [4.78, 5) is 13.1. The fourth-order valence-corrected chi connectivity index (χ4v) is 1.38. The Morgan fingerprint density at radius 2 is 1.94 bits per heavy atom. The van der Waals surface area contributed by atoms with Crippen molar-refractivity contribution in [2.75, 3.05) is 6.61 Å². The van der Waals surface area contributed by atoms with Gasteiger partial charge in [-0.25, -0.2) is 0 Å². The maximum absolute atomic E-state index is 12.4. The zero-order chi connectivity index (χ0) is 13.9. The van der Waals surface area contributed by atoms with Crippen LogP contribution in [0.1, 0.15) is 23.7 Å². The van der Waals surface area contributed by atoms with Gasteiger partial charge in [-0.15, -0.1) is 0 Å². The van der Waals surface area contributed by atoms with Crippen LogP contribution in [0.2, 0.25) is 0 Å². The summed E-state index contributed by atoms with van der Waals surface area (Å²) in [6.45, 7) is -0.463. The summed E-state index contributed by atoms with van der Waals surface area (Å²) in [6.07, 6.45) is -7.74. The molecule has 0 saturated carbocycles. The highest BCUT2D eigenvalue weighted by molar-refractivity contribution is 5.23. The molecule has 0 fully saturated rings. The molecule has 1 heterocycles. The first kappa shape index (κ1) is 14.7. The molecule has 1 aromatic heterocycles. The van der Waals surface area contributed by atoms with Crippen molar-refractivity contribution in [3.8, 4) is 0 Å². The lowest BCUT2D eigenvalue weighted by Gasteiger charge is -2.17. The van der Waals surface area contributed by atoms with Crippen molar-refractivity contribution in [3.63, 3.8) is 0 Å². The molecule has 4 N–H and O–H groups in total. The molecular weight excluding hydrogens is 255 g/mol. The Morgan fingerprint density at radius 3 is 2.44 bits per heavy atom. The van der Waals surface area contributed by atoms with Crippen LogP contribution in [-0.2, 0) is 6.18 Å². The van der Waals surface area contributed by atoms with E-state index in [9.17, 15) is 28.2 Å². The standard InChI is InChI=1S/C10H12F3NO4/c11-10(12,13)5-3-6(9(18)14-4-5)8(17)7(16)1-2-15/h3-4,7-8,15-17H,1-2H2,(H,14,18). The van der Waals surface area contributed by atoms with E-state index in [1.807, 2.05) is 4.98 Å². The van der Waals surface area contributed by atoms with Gasteiger partial charge in [-0.3, -0.25) is 4.79 Å². The Balaban J connectivity index is 3.12. The van der Waals surface area contributed by atoms with Crippen LogP contribution in [0.3, 0.4) is 0 Å². The molecule has 0 aliphatic heterocycles. The quantitative estimate of drug-likeness (QED) is 0.625. The van der Waals surface area contributed by atoms with Gasteiger partial charge >= 0.3 is 6.18 Å². The maximum Gasteiger partial charge on any atom is 0.417 e. The van der Waals surface area contributed by atoms with E-state index in [2.05, 4.69) is 0 Å². The number of halogens is 3. The van der Waals surface area contributed by atoms with E-state index >= 15 is 0 Å². The molecule has 0 radical (unpaired) electrons. The second-order valence-electron chi connectivity index (χ2n) is 3.70. The number of hydrogen-bond donors (Lipinski definition) is 4. The van der Waals surface area contributed by atoms with E-state index in [0.29, 0.717) is 12.3 Å². The lowest BCUT2D eigenvalue weighted by Crippen LogP contribution is -2.27. The van der Waals surface area contributed by atoms with Crippen molar-refractivity contribution >= 4 is 0 Å². The molecule has 0 aromatic carbocycles. The summed E-state index contributed by atoms with van der Waals surface area (Å²) >= 11 is 0. The normalized spacial score (nSPS) is 15.4. The molecular formula is C10H12F3NO4. The van der Waals surface area contributed by atoms with Gasteiger partial charge in [-0.2, -0.15) is 13.2 Å². The third-order valence-electron chi connectivity index (χ3n) is 2.37. The third-order valence-corrected chi connectivity index (χ3v) is 2.37. The molecule has 5 nitrogen and oxygen atoms in total. The van der Waals surface area contributed by atoms with Gasteiger partial charge in [0, 0.05) is 18.4 Å². The minimum absolute atomic E-state index is 0.253. The average molecular weight is 267 g/mol. The summed E-state index contributed by atoms with van der Waals surface area (Å²) < 4.78 is 37.2. The average Bonchev–Trinajstić information content (AvgIpc) is 2.27. The number of H-pyrrole nitrogens is 1. The molecule has 0 spiro atoms. The fourth-order valence-electron chi connectivity index (χ4n) is 1.38. The first-order valence-electron chi connectivity index (χ1n) is 5.04. The Morgan fingerprint density at radius 1 is 1.33 bits per heavy atom. The Hall–Kier alpha value is -1.38. The number of aliphatic hydroxyl groups excluding tert-OH is 3. The van der Waals surface area contributed by atoms with Crippen molar-refractivity contribution in [2.24, 2.45) is 0 Å². The van der Waals surface area contributed by atoms with Crippen LogP contribution in [-0.4, -0.2) is 33.0 Å². The molecule has 0 saturated heterocycles. The van der Waals surface area contributed by atoms with Crippen LogP contribution in [0.25, 0.3) is 0 Å². The molecule has 0 aliphatic carbocycles. The first-order chi connectivity index (χ1) is 8.27. The second-order valence-corrected chi connectivity index (χ2v) is 3.70. The van der Waals surface area contributed by atoms with E-state index in [4.69, 9.17) is 5.11 Å². The molecule has 2 atom stereocenters. The Labute approximate surface area is 99.5 Å². The molecule has 18 heavy (non-hydrogen) atoms. The van der Waals surface area contributed by atoms with Gasteiger partial charge in [0.05, 0.1) is 11.7 Å². The number of aromatic nitrogens is 1. The minimum Gasteiger partial charge on any atom is -0.396 e. The number of aliphatic hydroxyl groups is 3. The van der Waals surface area contributed by atoms with Crippen molar-refractivity contribution in [1.29, 1.82) is 0 Å². The van der Waals surface area contributed by atoms with Gasteiger partial charge < -0.3 is 20.3 Å². The van der Waals surface area contributed by atoms with Crippen molar-refractivity contribution in [1.82, 2.24) is 4.98 Å². The van der Waals surface area contributed by atoms with Gasteiger partial charge in [-0.1, -0.05) is 0 Å². The molecule has 2 unspecified atom stereocenters. The zero-order valence-corrected chi connectivity index (χ0v) is 9.11. The molecule has 0 amide bonds. The predicted octanol–water partition coefficient (Wildman–Crippen LogP) is 0.170. The second kappa shape index (κ2) is 5.51. The highest BCUT2D eigenvalue weighted by Crippen LogP contribution is 2.29. The molecule has 1 rings (SSSR count). The molecule has 0 aliphatic rings. The van der Waals surface area contributed by atoms with Crippen molar-refractivity contribution in [2.45, 2.75) is 24.8 Å². The maximum atomic E-state index is 12.4. The number of hydrogen-bond acceptors (Lipinski definition) is 4. The lowest BCUT2D eigenvalue weighted by atomic mass is 10.0. The van der Waals surface area contributed by atoms with Crippen LogP contribution >= 0.6 is 0 Å². The van der Waals surface area contributed by atoms with E-state index in [1.54, 1.807) is 0 Å². The van der Waals surface area contributed by atoms with E-state index in [1.165, 1.54) is 0 Å². The first-order valence-corrected chi connectivity index (χ1v) is 5.04. The number of aromatic amines is 1. The number of alkyl halides is 3. The summed E-state index contributed by atoms with van der Waals surface area (Å²) in [5.74, 6) is 0. The molecule has 1 aromatic rings. The smallest absolute Gasteiger partial charge is 0.396 e. The number of pyridine rings is 1. The minimum atomic E-state index is -4.67. The van der Waals surface area contributed by atoms with Gasteiger partial charge in [-0.05, 0) is 12.5 Å². The van der Waals surface area contributed by atoms with Crippen LogP contribution in [0.15, 0.2) is 17.1 Å². The molecule has 0 bridgehead atoms. The summed E-state index contributed by atoms with van der Waals surface area (Å²) in [6, 6.07) is 0.476. The summed E-state index contributed by atoms with van der Waals surface area (Å²) in [7, 11) is 0. The van der Waals surface area contributed by atoms with Crippen LogP contribution in [0.4, 0.5) is 13.2 Å². The van der Waals surface area contributed by atoms with Crippen LogP contribution in [0, 0.1) is 0 Å². The van der Waals surface area contributed by atoms with E-state index in [0.717, 1.165) is 0 Å². The molecule has 8 heteroatoms. The van der Waals surface area contributed by atoms with Crippen molar-refractivity contribution in [3.05, 3.63) is 33.7 Å². The highest BCUT2D eigenvalue weighted by Gasteiger charge is 2.32. The summed E-state index contributed by atoms with van der Waals surface area (Å²) in [5.41, 5.74) is -2.65. The topological polar surface area (TPSA) is 93.6 Å². The van der Waals surface area contributed by atoms with Crippen LogP contribution in [0.5, 0.6) is 0 Å². The van der Waals surface area contributed by atoms with Gasteiger partial charge in [0.15, 0.2) is 0 Å². The van der Waals surface area contributed by atoms with Gasteiger partial charge in [0.2, 0.25) is 0 Å². The molecule has 102 valence electrons. The van der Waals surface area contributed by atoms with Crippen LogP contribution < -0.4 is 5.56 Å². The lowest BCUT2D eigenvalue weighted by molar-refractivity contribution is -0.138. The Bertz CT molecular complexity index is 457. The number of nitrogens with one attached hydrogen (secondary N) is 1. The largest absolute Gasteiger partial charge is 0.417 e. The van der Waals surface area contributed by atoms with Gasteiger partial charge in [0.25, 0.3) is 5.56 Å². The van der Waals surface area contributed by atoms with Crippen molar-refractivity contribution < 1.29 is 28.5 Å². The van der Waals surface area contributed by atoms with E-state index < -0.39 is 41.7 Å². The Kier molecular flexibility index (Phi) is 4.49. The highest BCUT2D eigenvalue weighted by atomic mass is 19.4. The fraction of sp³-hybridized carbons (Fsp3) is 0.500. The monoisotopic (exact) mass is 267 g/mol. The number of rotatable bonds is 4.